The van der Waals surface area contributed by atoms with Gasteiger partial charge in [-0.1, -0.05) is 60.7 Å². The Hall–Kier alpha value is -3.60. The summed E-state index contributed by atoms with van der Waals surface area (Å²) in [7, 11) is 1.56. The molecule has 5 heteroatoms. The molecule has 1 saturated heterocycles. The van der Waals surface area contributed by atoms with E-state index >= 15 is 0 Å². The van der Waals surface area contributed by atoms with Crippen molar-refractivity contribution in [1.82, 2.24) is 10.2 Å². The van der Waals surface area contributed by atoms with E-state index in [1.807, 2.05) is 36.4 Å². The van der Waals surface area contributed by atoms with E-state index < -0.39 is 0 Å². The molecule has 3 aromatic carbocycles. The predicted molar refractivity (Wildman–Crippen MR) is 126 cm³/mol. The van der Waals surface area contributed by atoms with Gasteiger partial charge in [-0.2, -0.15) is 0 Å². The number of rotatable bonds is 5. The Bertz CT molecular complexity index is 1130. The molecule has 164 valence electrons. The van der Waals surface area contributed by atoms with Crippen molar-refractivity contribution in [3.8, 4) is 16.9 Å². The number of methoxy groups -OCH3 is 1. The van der Waals surface area contributed by atoms with Crippen LogP contribution in [0.1, 0.15) is 21.5 Å². The zero-order valence-corrected chi connectivity index (χ0v) is 18.5. The van der Waals surface area contributed by atoms with Gasteiger partial charge in [-0.25, -0.2) is 0 Å². The molecular weight excluding hydrogens is 400 g/mol. The van der Waals surface area contributed by atoms with E-state index in [9.17, 15) is 9.59 Å². The normalized spacial score (nSPS) is 16.2. The molecule has 1 heterocycles. The third-order valence-electron chi connectivity index (χ3n) is 5.98. The first kappa shape index (κ1) is 21.6. The molecule has 0 aliphatic carbocycles. The van der Waals surface area contributed by atoms with Crippen molar-refractivity contribution < 1.29 is 14.3 Å². The fourth-order valence-corrected chi connectivity index (χ4v) is 4.28. The van der Waals surface area contributed by atoms with E-state index in [1.165, 1.54) is 11.1 Å². The average molecular weight is 429 g/mol. The number of hydrogen-bond donors (Lipinski definition) is 1. The van der Waals surface area contributed by atoms with Crippen LogP contribution in [0.2, 0.25) is 0 Å². The van der Waals surface area contributed by atoms with Crippen LogP contribution in [0.4, 0.5) is 0 Å². The van der Waals surface area contributed by atoms with Crippen LogP contribution in [0.3, 0.4) is 0 Å². The SMILES string of the molecule is COc1ccccc1C(=O)N1CCNC(=O)[C@@H](Cc2cccc(-c3ccccc3C)c2)C1. The van der Waals surface area contributed by atoms with Gasteiger partial charge in [-0.05, 0) is 47.7 Å². The summed E-state index contributed by atoms with van der Waals surface area (Å²) < 4.78 is 5.37. The summed E-state index contributed by atoms with van der Waals surface area (Å²) in [6.45, 7) is 3.39. The largest absolute Gasteiger partial charge is 0.496 e. The molecule has 1 fully saturated rings. The highest BCUT2D eigenvalue weighted by atomic mass is 16.5. The first-order valence-corrected chi connectivity index (χ1v) is 10.9. The molecule has 1 aliphatic rings. The maximum atomic E-state index is 13.2. The topological polar surface area (TPSA) is 58.6 Å². The fourth-order valence-electron chi connectivity index (χ4n) is 4.28. The van der Waals surface area contributed by atoms with Gasteiger partial charge in [0.1, 0.15) is 5.75 Å². The summed E-state index contributed by atoms with van der Waals surface area (Å²) in [5.41, 5.74) is 5.14. The van der Waals surface area contributed by atoms with Gasteiger partial charge in [0.25, 0.3) is 5.91 Å². The summed E-state index contributed by atoms with van der Waals surface area (Å²) in [4.78, 5) is 27.8. The van der Waals surface area contributed by atoms with Crippen LogP contribution in [0, 0.1) is 12.8 Å². The van der Waals surface area contributed by atoms with Crippen LogP contribution >= 0.6 is 0 Å². The number of carbonyl (C=O) groups excluding carboxylic acids is 2. The molecule has 32 heavy (non-hydrogen) atoms. The number of amides is 2. The number of carbonyl (C=O) groups is 2. The second kappa shape index (κ2) is 9.69. The number of nitrogens with zero attached hydrogens (tertiary/aromatic N) is 1. The Labute approximate surface area is 189 Å². The monoisotopic (exact) mass is 428 g/mol. The van der Waals surface area contributed by atoms with Crippen LogP contribution in [0.15, 0.2) is 72.8 Å². The molecule has 3 aromatic rings. The third kappa shape index (κ3) is 4.67. The number of ether oxygens (including phenoxy) is 1. The van der Waals surface area contributed by atoms with Crippen molar-refractivity contribution in [3.05, 3.63) is 89.5 Å². The quantitative estimate of drug-likeness (QED) is 0.666. The van der Waals surface area contributed by atoms with E-state index in [4.69, 9.17) is 4.74 Å². The maximum absolute atomic E-state index is 13.2. The van der Waals surface area contributed by atoms with Crippen LogP contribution in [-0.2, 0) is 11.2 Å². The second-order valence-corrected chi connectivity index (χ2v) is 8.16. The molecule has 0 radical (unpaired) electrons. The Morgan fingerprint density at radius 2 is 1.84 bits per heavy atom. The third-order valence-corrected chi connectivity index (χ3v) is 5.98. The van der Waals surface area contributed by atoms with Gasteiger partial charge in [0, 0.05) is 19.6 Å². The van der Waals surface area contributed by atoms with Gasteiger partial charge in [-0.15, -0.1) is 0 Å². The van der Waals surface area contributed by atoms with Crippen molar-refractivity contribution in [2.24, 2.45) is 5.92 Å². The molecule has 5 nitrogen and oxygen atoms in total. The van der Waals surface area contributed by atoms with Crippen molar-refractivity contribution in [3.63, 3.8) is 0 Å². The first-order valence-electron chi connectivity index (χ1n) is 10.9. The number of hydrogen-bond acceptors (Lipinski definition) is 3. The lowest BCUT2D eigenvalue weighted by atomic mass is 9.94. The molecule has 0 aromatic heterocycles. The Kier molecular flexibility index (Phi) is 6.55. The van der Waals surface area contributed by atoms with Gasteiger partial charge < -0.3 is 15.0 Å². The molecule has 1 atom stereocenters. The zero-order valence-electron chi connectivity index (χ0n) is 18.5. The molecule has 0 bridgehead atoms. The van der Waals surface area contributed by atoms with E-state index in [0.717, 1.165) is 11.1 Å². The van der Waals surface area contributed by atoms with Gasteiger partial charge >= 0.3 is 0 Å². The van der Waals surface area contributed by atoms with E-state index in [2.05, 4.69) is 36.5 Å². The molecule has 1 aliphatic heterocycles. The highest BCUT2D eigenvalue weighted by Crippen LogP contribution is 2.26. The lowest BCUT2D eigenvalue weighted by Crippen LogP contribution is -2.37. The molecule has 2 amide bonds. The van der Waals surface area contributed by atoms with E-state index in [0.29, 0.717) is 37.4 Å². The second-order valence-electron chi connectivity index (χ2n) is 8.16. The molecule has 0 unspecified atom stereocenters. The number of nitrogens with one attached hydrogen (secondary N) is 1. The minimum atomic E-state index is -0.316. The van der Waals surface area contributed by atoms with Crippen LogP contribution in [0.25, 0.3) is 11.1 Å². The summed E-state index contributed by atoms with van der Waals surface area (Å²) in [5.74, 6) is 0.103. The van der Waals surface area contributed by atoms with Gasteiger partial charge in [-0.3, -0.25) is 9.59 Å². The Balaban J connectivity index is 1.55. The standard InChI is InChI=1S/C27H28N2O3/c1-19-8-3-4-11-23(19)21-10-7-9-20(16-21)17-22-18-29(15-14-28-26(22)30)27(31)24-12-5-6-13-25(24)32-2/h3-13,16,22H,14-15,17-18H2,1-2H3,(H,28,30)/t22-/m0/s1. The van der Waals surface area contributed by atoms with E-state index in [-0.39, 0.29) is 17.7 Å². The lowest BCUT2D eigenvalue weighted by Gasteiger charge is -2.24. The summed E-state index contributed by atoms with van der Waals surface area (Å²) in [6, 6.07) is 23.8. The molecular formula is C27H28N2O3. The van der Waals surface area contributed by atoms with Crippen LogP contribution in [-0.4, -0.2) is 43.5 Å². The number of benzene rings is 3. The van der Waals surface area contributed by atoms with Crippen LogP contribution < -0.4 is 10.1 Å². The smallest absolute Gasteiger partial charge is 0.257 e. The van der Waals surface area contributed by atoms with Gasteiger partial charge in [0.2, 0.25) is 5.91 Å². The zero-order chi connectivity index (χ0) is 22.5. The fraction of sp³-hybridized carbons (Fsp3) is 0.259. The van der Waals surface area contributed by atoms with Crippen molar-refractivity contribution >= 4 is 11.8 Å². The summed E-state index contributed by atoms with van der Waals surface area (Å²) in [6.07, 6.45) is 0.571. The number of aryl methyl sites for hydroxylation is 1. The maximum Gasteiger partial charge on any atom is 0.257 e. The molecule has 0 saturated carbocycles. The molecule has 4 rings (SSSR count). The first-order chi connectivity index (χ1) is 15.6. The molecule has 0 spiro atoms. The van der Waals surface area contributed by atoms with Crippen LogP contribution in [0.5, 0.6) is 5.75 Å². The summed E-state index contributed by atoms with van der Waals surface area (Å²) in [5, 5.41) is 2.97. The predicted octanol–water partition coefficient (Wildman–Crippen LogP) is 4.10. The molecule has 1 N–H and O–H groups in total. The lowest BCUT2D eigenvalue weighted by molar-refractivity contribution is -0.124. The highest BCUT2D eigenvalue weighted by molar-refractivity contribution is 5.97. The van der Waals surface area contributed by atoms with E-state index in [1.54, 1.807) is 24.1 Å². The van der Waals surface area contributed by atoms with Crippen molar-refractivity contribution in [2.45, 2.75) is 13.3 Å². The Morgan fingerprint density at radius 1 is 1.06 bits per heavy atom. The van der Waals surface area contributed by atoms with Crippen molar-refractivity contribution in [2.75, 3.05) is 26.7 Å². The average Bonchev–Trinajstić information content (AvgIpc) is 3.00. The minimum absolute atomic E-state index is 0.0124. The van der Waals surface area contributed by atoms with Gasteiger partial charge in [0.15, 0.2) is 0 Å². The number of para-hydroxylation sites is 1. The Morgan fingerprint density at radius 3 is 2.66 bits per heavy atom. The highest BCUT2D eigenvalue weighted by Gasteiger charge is 2.29. The van der Waals surface area contributed by atoms with Gasteiger partial charge in [0.05, 0.1) is 18.6 Å². The minimum Gasteiger partial charge on any atom is -0.496 e. The summed E-state index contributed by atoms with van der Waals surface area (Å²) >= 11 is 0. The van der Waals surface area contributed by atoms with Crippen molar-refractivity contribution in [1.29, 1.82) is 0 Å².